The molecule has 0 amide bonds. The lowest BCUT2D eigenvalue weighted by Crippen LogP contribution is -2.49. The maximum absolute atomic E-state index is 13.0. The average Bonchev–Trinajstić information content (AvgIpc) is 2.51. The SMILES string of the molecule is [2H]Cc1nc2cccc(N)c2c(=O)n1C1(C)CCC(=O)CC1=O. The lowest BCUT2D eigenvalue weighted by atomic mass is 9.81. The van der Waals surface area contributed by atoms with Crippen LogP contribution in [0.25, 0.3) is 10.9 Å². The summed E-state index contributed by atoms with van der Waals surface area (Å²) in [4.78, 5) is 41.3. The summed E-state index contributed by atoms with van der Waals surface area (Å²) in [6, 6.07) is 4.95. The van der Waals surface area contributed by atoms with Crippen molar-refractivity contribution >= 4 is 28.2 Å². The van der Waals surface area contributed by atoms with Gasteiger partial charge in [-0.05, 0) is 32.4 Å². The number of ketones is 2. The molecule has 1 atom stereocenters. The van der Waals surface area contributed by atoms with Gasteiger partial charge in [0.15, 0.2) is 5.78 Å². The molecule has 22 heavy (non-hydrogen) atoms. The van der Waals surface area contributed by atoms with E-state index in [1.165, 1.54) is 4.57 Å². The van der Waals surface area contributed by atoms with Gasteiger partial charge in [-0.3, -0.25) is 19.0 Å². The number of nitrogens with zero attached hydrogens (tertiary/aromatic N) is 2. The largest absolute Gasteiger partial charge is 0.398 e. The van der Waals surface area contributed by atoms with Gasteiger partial charge in [0.25, 0.3) is 5.56 Å². The zero-order valence-corrected chi connectivity index (χ0v) is 12.3. The Morgan fingerprint density at radius 2 is 2.14 bits per heavy atom. The zero-order chi connectivity index (χ0) is 16.8. The first-order valence-corrected chi connectivity index (χ1v) is 7.03. The third kappa shape index (κ3) is 1.94. The molecular formula is C16H17N3O3. The van der Waals surface area contributed by atoms with Crippen LogP contribution in [0.15, 0.2) is 23.0 Å². The molecule has 0 radical (unpaired) electrons. The van der Waals surface area contributed by atoms with Crippen LogP contribution in [-0.4, -0.2) is 21.1 Å². The number of carbonyl (C=O) groups is 2. The lowest BCUT2D eigenvalue weighted by Gasteiger charge is -2.34. The number of anilines is 1. The Morgan fingerprint density at radius 3 is 2.82 bits per heavy atom. The molecule has 1 heterocycles. The van der Waals surface area contributed by atoms with Crippen LogP contribution < -0.4 is 11.3 Å². The van der Waals surface area contributed by atoms with E-state index in [2.05, 4.69) is 4.98 Å². The number of Topliss-reactive ketones (excluding diaryl/α,β-unsaturated/α-hetero) is 2. The van der Waals surface area contributed by atoms with Crippen LogP contribution in [0.1, 0.15) is 33.4 Å². The Balaban J connectivity index is 2.34. The Bertz CT molecular complexity index is 890. The van der Waals surface area contributed by atoms with Crippen LogP contribution in [0.4, 0.5) is 5.69 Å². The summed E-state index contributed by atoms with van der Waals surface area (Å²) in [6.45, 7) is 1.39. The van der Waals surface area contributed by atoms with Gasteiger partial charge >= 0.3 is 0 Å². The van der Waals surface area contributed by atoms with Gasteiger partial charge in [0.1, 0.15) is 17.1 Å². The van der Waals surface area contributed by atoms with Gasteiger partial charge in [0.2, 0.25) is 0 Å². The van der Waals surface area contributed by atoms with E-state index in [1.54, 1.807) is 25.1 Å². The molecule has 0 bridgehead atoms. The fraction of sp³-hybridized carbons (Fsp3) is 0.375. The number of aromatic nitrogens is 2. The molecule has 1 fully saturated rings. The smallest absolute Gasteiger partial charge is 0.264 e. The predicted molar refractivity (Wildman–Crippen MR) is 82.7 cm³/mol. The average molecular weight is 300 g/mol. The van der Waals surface area contributed by atoms with Gasteiger partial charge < -0.3 is 5.73 Å². The number of rotatable bonds is 1. The quantitative estimate of drug-likeness (QED) is 0.633. The van der Waals surface area contributed by atoms with Crippen molar-refractivity contribution in [3.63, 3.8) is 0 Å². The molecule has 1 aromatic carbocycles. The summed E-state index contributed by atoms with van der Waals surface area (Å²) in [5, 5.41) is 0.246. The summed E-state index contributed by atoms with van der Waals surface area (Å²) < 4.78 is 8.96. The highest BCUT2D eigenvalue weighted by molar-refractivity contribution is 6.05. The van der Waals surface area contributed by atoms with Crippen molar-refractivity contribution in [2.45, 2.75) is 38.6 Å². The summed E-state index contributed by atoms with van der Waals surface area (Å²) in [6.07, 6.45) is 0.272. The van der Waals surface area contributed by atoms with Crippen LogP contribution in [0.2, 0.25) is 0 Å². The van der Waals surface area contributed by atoms with E-state index in [4.69, 9.17) is 7.10 Å². The molecule has 1 aliphatic carbocycles. The monoisotopic (exact) mass is 300 g/mol. The normalized spacial score (nSPS) is 22.9. The van der Waals surface area contributed by atoms with Crippen molar-refractivity contribution in [1.29, 1.82) is 0 Å². The van der Waals surface area contributed by atoms with E-state index < -0.39 is 11.1 Å². The third-order valence-electron chi connectivity index (χ3n) is 4.34. The highest BCUT2D eigenvalue weighted by atomic mass is 16.2. The molecule has 1 aromatic heterocycles. The first-order chi connectivity index (χ1) is 10.9. The van der Waals surface area contributed by atoms with Gasteiger partial charge in [-0.1, -0.05) is 6.07 Å². The Morgan fingerprint density at radius 1 is 1.36 bits per heavy atom. The van der Waals surface area contributed by atoms with Gasteiger partial charge in [-0.25, -0.2) is 4.98 Å². The van der Waals surface area contributed by atoms with Crippen molar-refractivity contribution < 1.29 is 11.0 Å². The molecule has 0 saturated heterocycles. The van der Waals surface area contributed by atoms with Gasteiger partial charge in [-0.15, -0.1) is 0 Å². The van der Waals surface area contributed by atoms with Crippen molar-refractivity contribution in [2.75, 3.05) is 5.73 Å². The Kier molecular flexibility index (Phi) is 2.85. The number of benzene rings is 1. The van der Waals surface area contributed by atoms with Crippen molar-refractivity contribution in [3.8, 4) is 0 Å². The molecule has 6 nitrogen and oxygen atoms in total. The number of aryl methyl sites for hydroxylation is 1. The molecule has 3 rings (SSSR count). The van der Waals surface area contributed by atoms with Crippen molar-refractivity contribution in [1.82, 2.24) is 9.55 Å². The minimum Gasteiger partial charge on any atom is -0.398 e. The maximum Gasteiger partial charge on any atom is 0.264 e. The summed E-state index contributed by atoms with van der Waals surface area (Å²) in [5.74, 6) is -0.235. The fourth-order valence-corrected chi connectivity index (χ4v) is 3.03. The topological polar surface area (TPSA) is 95.0 Å². The van der Waals surface area contributed by atoms with E-state index in [-0.39, 0.29) is 54.6 Å². The minimum absolute atomic E-state index is 0.124. The van der Waals surface area contributed by atoms with Crippen LogP contribution >= 0.6 is 0 Å². The standard InChI is InChI=1S/C16H17N3O3/c1-9-18-12-5-3-4-11(17)14(12)15(22)19(9)16(2)7-6-10(20)8-13(16)21/h3-5H,6-8,17H2,1-2H3/i1D. The summed E-state index contributed by atoms with van der Waals surface area (Å²) >= 11 is 0. The highest BCUT2D eigenvalue weighted by Crippen LogP contribution is 2.30. The van der Waals surface area contributed by atoms with E-state index in [9.17, 15) is 14.4 Å². The molecule has 1 unspecified atom stereocenters. The fourth-order valence-electron chi connectivity index (χ4n) is 3.03. The van der Waals surface area contributed by atoms with Gasteiger partial charge in [0.05, 0.1) is 17.3 Å². The van der Waals surface area contributed by atoms with Gasteiger partial charge in [0, 0.05) is 13.5 Å². The number of nitrogens with two attached hydrogens (primary N) is 1. The second-order valence-corrected chi connectivity index (χ2v) is 5.82. The molecule has 1 saturated carbocycles. The second kappa shape index (κ2) is 4.76. The molecule has 0 spiro atoms. The molecule has 1 aliphatic rings. The van der Waals surface area contributed by atoms with E-state index in [1.807, 2.05) is 0 Å². The summed E-state index contributed by atoms with van der Waals surface area (Å²) in [5.41, 5.74) is 5.01. The first-order valence-electron chi connectivity index (χ1n) is 7.74. The lowest BCUT2D eigenvalue weighted by molar-refractivity contribution is -0.136. The minimum atomic E-state index is -1.16. The Labute approximate surface area is 128 Å². The molecule has 6 heteroatoms. The highest BCUT2D eigenvalue weighted by Gasteiger charge is 2.41. The van der Waals surface area contributed by atoms with Crippen molar-refractivity contribution in [3.05, 3.63) is 34.4 Å². The second-order valence-electron chi connectivity index (χ2n) is 5.82. The first kappa shape index (κ1) is 13.2. The van der Waals surface area contributed by atoms with E-state index in [0.717, 1.165) is 0 Å². The zero-order valence-electron chi connectivity index (χ0n) is 13.3. The summed E-state index contributed by atoms with van der Waals surface area (Å²) in [7, 11) is 0. The molecule has 114 valence electrons. The number of nitrogen functional groups attached to an aromatic ring is 1. The molecule has 0 aliphatic heterocycles. The van der Waals surface area contributed by atoms with Crippen LogP contribution in [0, 0.1) is 6.90 Å². The van der Waals surface area contributed by atoms with E-state index in [0.29, 0.717) is 5.52 Å². The molecule has 2 aromatic rings. The maximum atomic E-state index is 13.0. The van der Waals surface area contributed by atoms with Crippen LogP contribution in [0.5, 0.6) is 0 Å². The molecular weight excluding hydrogens is 282 g/mol. The van der Waals surface area contributed by atoms with Gasteiger partial charge in [-0.2, -0.15) is 0 Å². The predicted octanol–water partition coefficient (Wildman–Crippen LogP) is 1.32. The molecule has 2 N–H and O–H groups in total. The third-order valence-corrected chi connectivity index (χ3v) is 4.34. The number of carbonyl (C=O) groups excluding carboxylic acids is 2. The number of fused-ring (bicyclic) bond motifs is 1. The van der Waals surface area contributed by atoms with E-state index >= 15 is 0 Å². The van der Waals surface area contributed by atoms with Crippen LogP contribution in [0.3, 0.4) is 0 Å². The number of hydrogen-bond donors (Lipinski definition) is 1. The van der Waals surface area contributed by atoms with Crippen molar-refractivity contribution in [2.24, 2.45) is 0 Å². The Hall–Kier alpha value is -2.50. The van der Waals surface area contributed by atoms with Crippen LogP contribution in [-0.2, 0) is 15.1 Å². The number of hydrogen-bond acceptors (Lipinski definition) is 5.